The highest BCUT2D eigenvalue weighted by Gasteiger charge is 2.26. The fourth-order valence-corrected chi connectivity index (χ4v) is 2.70. The van der Waals surface area contributed by atoms with Crippen LogP contribution in [0, 0.1) is 12.7 Å². The Morgan fingerprint density at radius 3 is 2.41 bits per heavy atom. The first-order chi connectivity index (χ1) is 14.0. The average molecular weight is 393 g/mol. The Kier molecular flexibility index (Phi) is 6.24. The molecule has 1 amide bonds. The summed E-state index contributed by atoms with van der Waals surface area (Å²) >= 11 is 0. The molecule has 0 fully saturated rings. The van der Waals surface area contributed by atoms with Crippen molar-refractivity contribution in [2.24, 2.45) is 0 Å². The van der Waals surface area contributed by atoms with Gasteiger partial charge in [-0.25, -0.2) is 9.18 Å². The van der Waals surface area contributed by atoms with Gasteiger partial charge in [0.25, 0.3) is 5.91 Å². The van der Waals surface area contributed by atoms with E-state index in [1.54, 1.807) is 61.5 Å². The van der Waals surface area contributed by atoms with Gasteiger partial charge in [0.05, 0.1) is 12.7 Å². The number of esters is 1. The zero-order valence-corrected chi connectivity index (χ0v) is 16.0. The molecule has 0 aliphatic carbocycles. The van der Waals surface area contributed by atoms with Crippen LogP contribution in [0.4, 0.5) is 10.1 Å². The van der Waals surface area contributed by atoms with E-state index in [-0.39, 0.29) is 5.56 Å². The minimum atomic E-state index is -1.21. The molecule has 0 spiro atoms. The number of hydrogen-bond acceptors (Lipinski definition) is 4. The van der Waals surface area contributed by atoms with Gasteiger partial charge in [-0.1, -0.05) is 42.5 Å². The Morgan fingerprint density at radius 2 is 1.72 bits per heavy atom. The lowest BCUT2D eigenvalue weighted by molar-refractivity contribution is -0.125. The Balaban J connectivity index is 1.85. The van der Waals surface area contributed by atoms with Crippen LogP contribution in [0.3, 0.4) is 0 Å². The second-order valence-corrected chi connectivity index (χ2v) is 6.38. The van der Waals surface area contributed by atoms with Gasteiger partial charge in [0.1, 0.15) is 11.6 Å². The van der Waals surface area contributed by atoms with Gasteiger partial charge in [0, 0.05) is 17.3 Å². The van der Waals surface area contributed by atoms with E-state index < -0.39 is 23.8 Å². The first-order valence-corrected chi connectivity index (χ1v) is 8.95. The number of hydrogen-bond donors (Lipinski definition) is 1. The van der Waals surface area contributed by atoms with Crippen molar-refractivity contribution in [2.75, 3.05) is 12.4 Å². The summed E-state index contributed by atoms with van der Waals surface area (Å²) in [5.41, 5.74) is 1.43. The normalized spacial score (nSPS) is 11.4. The molecule has 5 nitrogen and oxygen atoms in total. The number of aryl methyl sites for hydroxylation is 1. The summed E-state index contributed by atoms with van der Waals surface area (Å²) in [6, 6.07) is 19.5. The van der Waals surface area contributed by atoms with Crippen LogP contribution in [0.15, 0.2) is 72.8 Å². The van der Waals surface area contributed by atoms with Crippen molar-refractivity contribution in [3.05, 3.63) is 95.3 Å². The van der Waals surface area contributed by atoms with Crippen molar-refractivity contribution in [3.63, 3.8) is 0 Å². The van der Waals surface area contributed by atoms with Crippen molar-refractivity contribution in [1.29, 1.82) is 0 Å². The van der Waals surface area contributed by atoms with Crippen LogP contribution in [0.1, 0.15) is 27.6 Å². The number of ether oxygens (including phenoxy) is 2. The number of nitrogens with one attached hydrogen (secondary N) is 1. The Morgan fingerprint density at radius 1 is 0.966 bits per heavy atom. The summed E-state index contributed by atoms with van der Waals surface area (Å²) in [5.74, 6) is -1.27. The molecule has 0 bridgehead atoms. The zero-order chi connectivity index (χ0) is 20.8. The maximum Gasteiger partial charge on any atom is 0.339 e. The Hall–Kier alpha value is -3.67. The molecule has 0 heterocycles. The van der Waals surface area contributed by atoms with Crippen LogP contribution in [-0.2, 0) is 9.53 Å². The molecule has 3 aromatic carbocycles. The molecule has 1 atom stereocenters. The van der Waals surface area contributed by atoms with Gasteiger partial charge in [-0.15, -0.1) is 0 Å². The number of amides is 1. The summed E-state index contributed by atoms with van der Waals surface area (Å²) in [6.45, 7) is 1.60. The van der Waals surface area contributed by atoms with Gasteiger partial charge >= 0.3 is 5.97 Å². The molecular formula is C23H20FNO4. The SMILES string of the molecule is COc1cccc(NC(=O)C(OC(=O)c2ccc(C)c(F)c2)c2ccccc2)c1. The maximum atomic E-state index is 13.8. The molecule has 0 saturated carbocycles. The molecule has 0 aromatic heterocycles. The summed E-state index contributed by atoms with van der Waals surface area (Å²) < 4.78 is 24.4. The van der Waals surface area contributed by atoms with Gasteiger partial charge < -0.3 is 14.8 Å². The fraction of sp³-hybridized carbons (Fsp3) is 0.130. The summed E-state index contributed by atoms with van der Waals surface area (Å²) in [6.07, 6.45) is -1.21. The lowest BCUT2D eigenvalue weighted by Crippen LogP contribution is -2.26. The molecule has 148 valence electrons. The molecule has 29 heavy (non-hydrogen) atoms. The van der Waals surface area contributed by atoms with Gasteiger partial charge in [-0.3, -0.25) is 4.79 Å². The number of anilines is 1. The third-order valence-corrected chi connectivity index (χ3v) is 4.31. The number of rotatable bonds is 6. The van der Waals surface area contributed by atoms with E-state index >= 15 is 0 Å². The quantitative estimate of drug-likeness (QED) is 0.618. The minimum Gasteiger partial charge on any atom is -0.497 e. The van der Waals surface area contributed by atoms with E-state index in [1.807, 2.05) is 0 Å². The standard InChI is InChI=1S/C23H20FNO4/c1-15-11-12-17(13-20(15)24)23(27)29-21(16-7-4-3-5-8-16)22(26)25-18-9-6-10-19(14-18)28-2/h3-14,21H,1-2H3,(H,25,26). The number of halogens is 1. The molecule has 0 saturated heterocycles. The van der Waals surface area contributed by atoms with Gasteiger partial charge in [-0.2, -0.15) is 0 Å². The van der Waals surface area contributed by atoms with E-state index in [2.05, 4.69) is 5.32 Å². The van der Waals surface area contributed by atoms with Crippen molar-refractivity contribution in [2.45, 2.75) is 13.0 Å². The monoisotopic (exact) mass is 393 g/mol. The van der Waals surface area contributed by atoms with Crippen LogP contribution in [0.2, 0.25) is 0 Å². The zero-order valence-electron chi connectivity index (χ0n) is 16.0. The highest BCUT2D eigenvalue weighted by atomic mass is 19.1. The second-order valence-electron chi connectivity index (χ2n) is 6.38. The van der Waals surface area contributed by atoms with E-state index in [1.165, 1.54) is 19.2 Å². The topological polar surface area (TPSA) is 64.6 Å². The molecule has 1 N–H and O–H groups in total. The van der Waals surface area contributed by atoms with E-state index in [0.29, 0.717) is 22.6 Å². The van der Waals surface area contributed by atoms with Crippen LogP contribution < -0.4 is 10.1 Å². The lowest BCUT2D eigenvalue weighted by Gasteiger charge is -2.18. The molecule has 0 aliphatic rings. The number of carbonyl (C=O) groups is 2. The summed E-state index contributed by atoms with van der Waals surface area (Å²) in [4.78, 5) is 25.5. The van der Waals surface area contributed by atoms with Crippen molar-refractivity contribution < 1.29 is 23.5 Å². The minimum absolute atomic E-state index is 0.0308. The first kappa shape index (κ1) is 20.1. The molecule has 3 aromatic rings. The van der Waals surface area contributed by atoms with Crippen LogP contribution in [0.25, 0.3) is 0 Å². The van der Waals surface area contributed by atoms with Crippen LogP contribution in [0.5, 0.6) is 5.75 Å². The predicted octanol–water partition coefficient (Wildman–Crippen LogP) is 4.68. The van der Waals surface area contributed by atoms with Crippen molar-refractivity contribution >= 4 is 17.6 Å². The lowest BCUT2D eigenvalue weighted by atomic mass is 10.1. The Labute approximate surface area is 168 Å². The number of methoxy groups -OCH3 is 1. The van der Waals surface area contributed by atoms with E-state index in [9.17, 15) is 14.0 Å². The number of benzene rings is 3. The summed E-state index contributed by atoms with van der Waals surface area (Å²) in [5, 5.41) is 2.72. The fourth-order valence-electron chi connectivity index (χ4n) is 2.70. The van der Waals surface area contributed by atoms with Crippen LogP contribution >= 0.6 is 0 Å². The van der Waals surface area contributed by atoms with Gasteiger partial charge in [-0.05, 0) is 36.8 Å². The van der Waals surface area contributed by atoms with Crippen molar-refractivity contribution in [3.8, 4) is 5.75 Å². The Bertz CT molecular complexity index is 1020. The van der Waals surface area contributed by atoms with Crippen molar-refractivity contribution in [1.82, 2.24) is 0 Å². The molecule has 1 unspecified atom stereocenters. The van der Waals surface area contributed by atoms with Gasteiger partial charge in [0.2, 0.25) is 6.10 Å². The third-order valence-electron chi connectivity index (χ3n) is 4.31. The van der Waals surface area contributed by atoms with Gasteiger partial charge in [0.15, 0.2) is 0 Å². The maximum absolute atomic E-state index is 13.8. The van der Waals surface area contributed by atoms with Crippen LogP contribution in [-0.4, -0.2) is 19.0 Å². The number of carbonyl (C=O) groups excluding carboxylic acids is 2. The highest BCUT2D eigenvalue weighted by molar-refractivity contribution is 5.98. The highest BCUT2D eigenvalue weighted by Crippen LogP contribution is 2.24. The molecule has 0 aliphatic heterocycles. The molecule has 3 rings (SSSR count). The summed E-state index contributed by atoms with van der Waals surface area (Å²) in [7, 11) is 1.52. The molecular weight excluding hydrogens is 373 g/mol. The first-order valence-electron chi connectivity index (χ1n) is 8.95. The molecule has 0 radical (unpaired) electrons. The predicted molar refractivity (Wildman–Crippen MR) is 107 cm³/mol. The average Bonchev–Trinajstić information content (AvgIpc) is 2.74. The molecule has 6 heteroatoms. The largest absolute Gasteiger partial charge is 0.497 e. The van der Waals surface area contributed by atoms with E-state index in [0.717, 1.165) is 6.07 Å². The second kappa shape index (κ2) is 9.01. The smallest absolute Gasteiger partial charge is 0.339 e. The third kappa shape index (κ3) is 4.99. The van der Waals surface area contributed by atoms with E-state index in [4.69, 9.17) is 9.47 Å².